The summed E-state index contributed by atoms with van der Waals surface area (Å²) in [5.41, 5.74) is 1.18. The van der Waals surface area contributed by atoms with Gasteiger partial charge in [-0.3, -0.25) is 0 Å². The standard InChI is InChI=1S/C12H21N3S2/c1-8(12-9(2)15-10(3)17-12)14-6-11-7-16-5-4-13-11/h8,11,13-14H,4-7H2,1-3H3. The van der Waals surface area contributed by atoms with Crippen LogP contribution >= 0.6 is 23.1 Å². The first-order chi connectivity index (χ1) is 8.16. The summed E-state index contributed by atoms with van der Waals surface area (Å²) in [6, 6.07) is 1.03. The highest BCUT2D eigenvalue weighted by Gasteiger charge is 2.16. The van der Waals surface area contributed by atoms with Gasteiger partial charge in [-0.25, -0.2) is 4.98 Å². The predicted molar refractivity (Wildman–Crippen MR) is 77.1 cm³/mol. The van der Waals surface area contributed by atoms with Crippen LogP contribution in [0.1, 0.15) is 28.5 Å². The Morgan fingerprint density at radius 2 is 2.35 bits per heavy atom. The van der Waals surface area contributed by atoms with Gasteiger partial charge in [0.1, 0.15) is 0 Å². The zero-order valence-corrected chi connectivity index (χ0v) is 12.4. The summed E-state index contributed by atoms with van der Waals surface area (Å²) in [6.07, 6.45) is 0. The van der Waals surface area contributed by atoms with E-state index in [9.17, 15) is 0 Å². The lowest BCUT2D eigenvalue weighted by Crippen LogP contribution is -2.44. The van der Waals surface area contributed by atoms with Gasteiger partial charge < -0.3 is 10.6 Å². The van der Waals surface area contributed by atoms with Crippen molar-refractivity contribution in [3.8, 4) is 0 Å². The van der Waals surface area contributed by atoms with Crippen LogP contribution in [0.15, 0.2) is 0 Å². The molecule has 0 saturated carbocycles. The molecule has 2 rings (SSSR count). The van der Waals surface area contributed by atoms with Gasteiger partial charge in [0.2, 0.25) is 0 Å². The fourth-order valence-electron chi connectivity index (χ4n) is 2.11. The van der Waals surface area contributed by atoms with E-state index in [0.717, 1.165) is 18.1 Å². The van der Waals surface area contributed by atoms with E-state index < -0.39 is 0 Å². The zero-order valence-electron chi connectivity index (χ0n) is 10.7. The van der Waals surface area contributed by atoms with Gasteiger partial charge in [-0.15, -0.1) is 11.3 Å². The van der Waals surface area contributed by atoms with Crippen molar-refractivity contribution in [1.82, 2.24) is 15.6 Å². The van der Waals surface area contributed by atoms with Crippen molar-refractivity contribution in [2.45, 2.75) is 32.9 Å². The van der Waals surface area contributed by atoms with E-state index in [2.05, 4.69) is 36.4 Å². The lowest BCUT2D eigenvalue weighted by Gasteiger charge is -2.25. The molecule has 2 N–H and O–H groups in total. The van der Waals surface area contributed by atoms with E-state index in [1.807, 2.05) is 23.1 Å². The van der Waals surface area contributed by atoms with Crippen LogP contribution in [0.4, 0.5) is 0 Å². The van der Waals surface area contributed by atoms with Gasteiger partial charge in [-0.05, 0) is 20.8 Å². The highest BCUT2D eigenvalue weighted by atomic mass is 32.2. The van der Waals surface area contributed by atoms with Crippen LogP contribution in [-0.4, -0.2) is 35.6 Å². The molecule has 96 valence electrons. The number of thiazole rings is 1. The molecule has 2 atom stereocenters. The smallest absolute Gasteiger partial charge is 0.0900 e. The molecule has 1 aliphatic heterocycles. The normalized spacial score (nSPS) is 22.6. The Balaban J connectivity index is 1.84. The average Bonchev–Trinajstić information content (AvgIpc) is 2.67. The van der Waals surface area contributed by atoms with Crippen molar-refractivity contribution in [2.24, 2.45) is 0 Å². The maximum Gasteiger partial charge on any atom is 0.0900 e. The highest BCUT2D eigenvalue weighted by molar-refractivity contribution is 7.99. The Labute approximate surface area is 112 Å². The molecule has 0 aromatic carbocycles. The number of hydrogen-bond donors (Lipinski definition) is 2. The van der Waals surface area contributed by atoms with Gasteiger partial charge in [0.15, 0.2) is 0 Å². The van der Waals surface area contributed by atoms with Gasteiger partial charge >= 0.3 is 0 Å². The molecule has 0 bridgehead atoms. The predicted octanol–water partition coefficient (Wildman–Crippen LogP) is 2.12. The minimum atomic E-state index is 0.412. The third-order valence-electron chi connectivity index (χ3n) is 3.00. The lowest BCUT2D eigenvalue weighted by molar-refractivity contribution is 0.478. The van der Waals surface area contributed by atoms with Crippen LogP contribution in [-0.2, 0) is 0 Å². The van der Waals surface area contributed by atoms with Crippen molar-refractivity contribution in [2.75, 3.05) is 24.6 Å². The number of thioether (sulfide) groups is 1. The van der Waals surface area contributed by atoms with E-state index in [1.165, 1.54) is 22.1 Å². The number of aromatic nitrogens is 1. The highest BCUT2D eigenvalue weighted by Crippen LogP contribution is 2.24. The molecule has 17 heavy (non-hydrogen) atoms. The zero-order chi connectivity index (χ0) is 12.3. The molecule has 1 saturated heterocycles. The maximum absolute atomic E-state index is 4.49. The first-order valence-corrected chi connectivity index (χ1v) is 8.12. The first kappa shape index (κ1) is 13.3. The van der Waals surface area contributed by atoms with Crippen molar-refractivity contribution >= 4 is 23.1 Å². The summed E-state index contributed by atoms with van der Waals surface area (Å²) in [6.45, 7) is 8.60. The maximum atomic E-state index is 4.49. The van der Waals surface area contributed by atoms with Crippen LogP contribution in [0.25, 0.3) is 0 Å². The Hall–Kier alpha value is -0.100. The molecule has 0 radical (unpaired) electrons. The number of aryl methyl sites for hydroxylation is 2. The number of rotatable bonds is 4. The molecule has 2 heterocycles. The van der Waals surface area contributed by atoms with Crippen LogP contribution < -0.4 is 10.6 Å². The van der Waals surface area contributed by atoms with Gasteiger partial charge in [0.25, 0.3) is 0 Å². The van der Waals surface area contributed by atoms with Crippen molar-refractivity contribution in [3.63, 3.8) is 0 Å². The number of hydrogen-bond acceptors (Lipinski definition) is 5. The van der Waals surface area contributed by atoms with Crippen LogP contribution in [0.2, 0.25) is 0 Å². The molecule has 1 aromatic heterocycles. The fraction of sp³-hybridized carbons (Fsp3) is 0.750. The quantitative estimate of drug-likeness (QED) is 0.879. The fourth-order valence-corrected chi connectivity index (χ4v) is 4.01. The molecule has 1 aromatic rings. The van der Waals surface area contributed by atoms with Gasteiger partial charge in [-0.2, -0.15) is 11.8 Å². The third kappa shape index (κ3) is 3.68. The van der Waals surface area contributed by atoms with Crippen molar-refractivity contribution in [1.29, 1.82) is 0 Å². The molecule has 0 amide bonds. The Kier molecular flexibility index (Phi) is 4.85. The lowest BCUT2D eigenvalue weighted by atomic mass is 10.2. The number of nitrogens with one attached hydrogen (secondary N) is 2. The summed E-state index contributed by atoms with van der Waals surface area (Å²) in [4.78, 5) is 5.87. The van der Waals surface area contributed by atoms with Gasteiger partial charge in [-0.1, -0.05) is 0 Å². The van der Waals surface area contributed by atoms with Crippen LogP contribution in [0, 0.1) is 13.8 Å². The monoisotopic (exact) mass is 271 g/mol. The van der Waals surface area contributed by atoms with E-state index in [4.69, 9.17) is 0 Å². The second-order valence-electron chi connectivity index (χ2n) is 4.54. The molecule has 0 aliphatic carbocycles. The van der Waals surface area contributed by atoms with Crippen LogP contribution in [0.5, 0.6) is 0 Å². The molecule has 3 nitrogen and oxygen atoms in total. The van der Waals surface area contributed by atoms with Crippen molar-refractivity contribution < 1.29 is 0 Å². The van der Waals surface area contributed by atoms with E-state index in [-0.39, 0.29) is 0 Å². The molecule has 1 aliphatic rings. The van der Waals surface area contributed by atoms with E-state index >= 15 is 0 Å². The minimum absolute atomic E-state index is 0.412. The second-order valence-corrected chi connectivity index (χ2v) is 6.92. The van der Waals surface area contributed by atoms with Crippen molar-refractivity contribution in [3.05, 3.63) is 15.6 Å². The Morgan fingerprint density at radius 3 is 2.94 bits per heavy atom. The summed E-state index contributed by atoms with van der Waals surface area (Å²) < 4.78 is 0. The van der Waals surface area contributed by atoms with Crippen LogP contribution in [0.3, 0.4) is 0 Å². The first-order valence-electron chi connectivity index (χ1n) is 6.15. The van der Waals surface area contributed by atoms with E-state index in [0.29, 0.717) is 12.1 Å². The topological polar surface area (TPSA) is 37.0 Å². The summed E-state index contributed by atoms with van der Waals surface area (Å²) in [7, 11) is 0. The largest absolute Gasteiger partial charge is 0.311 e. The van der Waals surface area contributed by atoms with Gasteiger partial charge in [0.05, 0.1) is 10.7 Å². The SMILES string of the molecule is Cc1nc(C)c(C(C)NCC2CSCCN2)s1. The molecule has 2 unspecified atom stereocenters. The molecular formula is C12H21N3S2. The van der Waals surface area contributed by atoms with Gasteiger partial charge in [0, 0.05) is 41.6 Å². The summed E-state index contributed by atoms with van der Waals surface area (Å²) >= 11 is 3.86. The summed E-state index contributed by atoms with van der Waals surface area (Å²) in [5, 5.41) is 8.33. The Morgan fingerprint density at radius 1 is 1.53 bits per heavy atom. The summed E-state index contributed by atoms with van der Waals surface area (Å²) in [5.74, 6) is 2.47. The van der Waals surface area contributed by atoms with E-state index in [1.54, 1.807) is 0 Å². The minimum Gasteiger partial charge on any atom is -0.311 e. The Bertz CT molecular complexity index is 359. The third-order valence-corrected chi connectivity index (χ3v) is 5.39. The number of nitrogens with zero attached hydrogens (tertiary/aromatic N) is 1. The average molecular weight is 271 g/mol. The molecule has 1 fully saturated rings. The second kappa shape index (κ2) is 6.18. The molecular weight excluding hydrogens is 250 g/mol. The molecule has 0 spiro atoms. The molecule has 5 heteroatoms.